The second kappa shape index (κ2) is 7.44. The Labute approximate surface area is 169 Å². The van der Waals surface area contributed by atoms with Crippen molar-refractivity contribution in [3.05, 3.63) is 104 Å². The molecular weight excluding hydrogens is 454 g/mol. The van der Waals surface area contributed by atoms with E-state index in [4.69, 9.17) is 0 Å². The first-order valence-corrected chi connectivity index (χ1v) is 9.41. The van der Waals surface area contributed by atoms with Gasteiger partial charge in [0.15, 0.2) is 0 Å². The molecule has 27 heavy (non-hydrogen) atoms. The van der Waals surface area contributed by atoms with E-state index in [1.165, 1.54) is 12.1 Å². The summed E-state index contributed by atoms with van der Waals surface area (Å²) in [6.45, 7) is 0. The lowest BCUT2D eigenvalue weighted by Crippen LogP contribution is -2.22. The standard InChI is InChI=1S/C22H14FIN2O/c23-16-9-6-15(7-10-16)8-13-21-25-20-12-11-17(24)14-19(20)22(27)26(21)18-4-2-1-3-5-18/h1-14H. The Bertz CT molecular complexity index is 1200. The molecule has 5 heteroatoms. The third-order valence-electron chi connectivity index (χ3n) is 4.17. The molecule has 132 valence electrons. The van der Waals surface area contributed by atoms with Crippen LogP contribution in [0.5, 0.6) is 0 Å². The van der Waals surface area contributed by atoms with Crippen LogP contribution in [0.2, 0.25) is 0 Å². The highest BCUT2D eigenvalue weighted by Gasteiger charge is 2.11. The molecule has 0 fully saturated rings. The van der Waals surface area contributed by atoms with Crippen molar-refractivity contribution < 1.29 is 4.39 Å². The van der Waals surface area contributed by atoms with Crippen LogP contribution >= 0.6 is 22.6 Å². The second-order valence-corrected chi connectivity index (χ2v) is 7.24. The van der Waals surface area contributed by atoms with Crippen LogP contribution in [-0.4, -0.2) is 9.55 Å². The summed E-state index contributed by atoms with van der Waals surface area (Å²) in [5, 5.41) is 0.574. The Kier molecular flexibility index (Phi) is 4.85. The van der Waals surface area contributed by atoms with Gasteiger partial charge in [-0.25, -0.2) is 9.37 Å². The summed E-state index contributed by atoms with van der Waals surface area (Å²) in [4.78, 5) is 17.9. The molecule has 1 heterocycles. The quantitative estimate of drug-likeness (QED) is 0.383. The van der Waals surface area contributed by atoms with E-state index in [-0.39, 0.29) is 11.4 Å². The third-order valence-corrected chi connectivity index (χ3v) is 4.84. The van der Waals surface area contributed by atoms with Gasteiger partial charge in [-0.2, -0.15) is 0 Å². The number of benzene rings is 3. The molecule has 0 N–H and O–H groups in total. The minimum Gasteiger partial charge on any atom is -0.268 e. The monoisotopic (exact) mass is 468 g/mol. The average molecular weight is 468 g/mol. The average Bonchev–Trinajstić information content (AvgIpc) is 2.69. The molecule has 0 atom stereocenters. The topological polar surface area (TPSA) is 34.9 Å². The highest BCUT2D eigenvalue weighted by atomic mass is 127. The molecule has 0 aliphatic heterocycles. The molecular formula is C22H14FIN2O. The van der Waals surface area contributed by atoms with Gasteiger partial charge in [-0.15, -0.1) is 0 Å². The molecule has 0 bridgehead atoms. The molecule has 0 amide bonds. The van der Waals surface area contributed by atoms with Gasteiger partial charge >= 0.3 is 0 Å². The molecule has 4 aromatic rings. The number of halogens is 2. The highest BCUT2D eigenvalue weighted by Crippen LogP contribution is 2.17. The molecule has 0 aliphatic rings. The summed E-state index contributed by atoms with van der Waals surface area (Å²) < 4.78 is 15.7. The van der Waals surface area contributed by atoms with Gasteiger partial charge in [-0.1, -0.05) is 36.4 Å². The van der Waals surface area contributed by atoms with E-state index in [0.29, 0.717) is 16.7 Å². The smallest absolute Gasteiger partial charge is 0.266 e. The SMILES string of the molecule is O=c1c2cc(I)ccc2nc(C=Cc2ccc(F)cc2)n1-c1ccccc1. The molecule has 3 aromatic carbocycles. The van der Waals surface area contributed by atoms with E-state index in [9.17, 15) is 9.18 Å². The molecule has 4 rings (SSSR count). The van der Waals surface area contributed by atoms with Crippen molar-refractivity contribution in [2.45, 2.75) is 0 Å². The van der Waals surface area contributed by atoms with Crippen molar-refractivity contribution >= 4 is 45.6 Å². The Hall–Kier alpha value is -2.80. The Morgan fingerprint density at radius 1 is 0.926 bits per heavy atom. The zero-order chi connectivity index (χ0) is 18.8. The maximum atomic E-state index is 13.2. The molecule has 0 saturated heterocycles. The lowest BCUT2D eigenvalue weighted by atomic mass is 10.2. The van der Waals surface area contributed by atoms with Crippen molar-refractivity contribution in [2.24, 2.45) is 0 Å². The summed E-state index contributed by atoms with van der Waals surface area (Å²) in [6.07, 6.45) is 3.60. The molecule has 3 nitrogen and oxygen atoms in total. The van der Waals surface area contributed by atoms with Crippen LogP contribution in [-0.2, 0) is 0 Å². The lowest BCUT2D eigenvalue weighted by molar-refractivity contribution is 0.628. The number of nitrogens with zero attached hydrogens (tertiary/aromatic N) is 2. The zero-order valence-corrected chi connectivity index (χ0v) is 16.3. The van der Waals surface area contributed by atoms with Crippen molar-refractivity contribution in [1.29, 1.82) is 0 Å². The molecule has 0 saturated carbocycles. The third kappa shape index (κ3) is 3.68. The van der Waals surface area contributed by atoms with Gasteiger partial charge in [0.2, 0.25) is 0 Å². The molecule has 0 spiro atoms. The summed E-state index contributed by atoms with van der Waals surface area (Å²) >= 11 is 2.19. The zero-order valence-electron chi connectivity index (χ0n) is 14.1. The van der Waals surface area contributed by atoms with E-state index < -0.39 is 0 Å². The number of fused-ring (bicyclic) bond motifs is 1. The molecule has 0 unspecified atom stereocenters. The highest BCUT2D eigenvalue weighted by molar-refractivity contribution is 14.1. The van der Waals surface area contributed by atoms with Gasteiger partial charge < -0.3 is 0 Å². The van der Waals surface area contributed by atoms with Crippen LogP contribution in [0.15, 0.2) is 77.6 Å². The maximum Gasteiger partial charge on any atom is 0.266 e. The van der Waals surface area contributed by atoms with Gasteiger partial charge in [0.1, 0.15) is 11.6 Å². The fraction of sp³-hybridized carbons (Fsp3) is 0. The number of para-hydroxylation sites is 1. The Morgan fingerprint density at radius 2 is 1.67 bits per heavy atom. The maximum absolute atomic E-state index is 13.2. The first kappa shape index (κ1) is 17.6. The van der Waals surface area contributed by atoms with E-state index in [2.05, 4.69) is 27.6 Å². The van der Waals surface area contributed by atoms with E-state index in [0.717, 1.165) is 14.8 Å². The van der Waals surface area contributed by atoms with Crippen LogP contribution < -0.4 is 5.56 Å². The van der Waals surface area contributed by atoms with Crippen LogP contribution in [0.4, 0.5) is 4.39 Å². The first-order chi connectivity index (χ1) is 13.1. The number of rotatable bonds is 3. The van der Waals surface area contributed by atoms with Gasteiger partial charge in [0.05, 0.1) is 16.6 Å². The number of hydrogen-bond acceptors (Lipinski definition) is 2. The van der Waals surface area contributed by atoms with E-state index in [1.54, 1.807) is 22.8 Å². The van der Waals surface area contributed by atoms with E-state index >= 15 is 0 Å². The summed E-state index contributed by atoms with van der Waals surface area (Å²) in [6, 6.07) is 21.2. The molecule has 1 aromatic heterocycles. The van der Waals surface area contributed by atoms with Crippen molar-refractivity contribution in [2.75, 3.05) is 0 Å². The first-order valence-electron chi connectivity index (χ1n) is 8.33. The molecule has 0 radical (unpaired) electrons. The van der Waals surface area contributed by atoms with Crippen molar-refractivity contribution in [1.82, 2.24) is 9.55 Å². The van der Waals surface area contributed by atoms with Crippen LogP contribution in [0.3, 0.4) is 0 Å². The number of aromatic nitrogens is 2. The Morgan fingerprint density at radius 3 is 2.41 bits per heavy atom. The summed E-state index contributed by atoms with van der Waals surface area (Å²) in [5.41, 5.74) is 2.09. The van der Waals surface area contributed by atoms with Gasteiger partial charge in [0, 0.05) is 3.57 Å². The minimum absolute atomic E-state index is 0.122. The fourth-order valence-electron chi connectivity index (χ4n) is 2.86. The minimum atomic E-state index is -0.285. The van der Waals surface area contributed by atoms with Gasteiger partial charge in [-0.3, -0.25) is 9.36 Å². The predicted octanol–water partition coefficient (Wildman–Crippen LogP) is 5.30. The Balaban J connectivity index is 1.94. The lowest BCUT2D eigenvalue weighted by Gasteiger charge is -2.11. The van der Waals surface area contributed by atoms with Crippen molar-refractivity contribution in [3.63, 3.8) is 0 Å². The van der Waals surface area contributed by atoms with Crippen LogP contribution in [0, 0.1) is 9.39 Å². The van der Waals surface area contributed by atoms with E-state index in [1.807, 2.05) is 54.6 Å². The summed E-state index contributed by atoms with van der Waals surface area (Å²) in [5.74, 6) is 0.232. The number of hydrogen-bond donors (Lipinski definition) is 0. The van der Waals surface area contributed by atoms with Crippen LogP contribution in [0.1, 0.15) is 11.4 Å². The van der Waals surface area contributed by atoms with Gasteiger partial charge in [-0.05, 0) is 76.7 Å². The predicted molar refractivity (Wildman–Crippen MR) is 115 cm³/mol. The largest absolute Gasteiger partial charge is 0.268 e. The van der Waals surface area contributed by atoms with Crippen LogP contribution in [0.25, 0.3) is 28.7 Å². The normalized spacial score (nSPS) is 11.3. The molecule has 0 aliphatic carbocycles. The van der Waals surface area contributed by atoms with Gasteiger partial charge in [0.25, 0.3) is 5.56 Å². The fourth-order valence-corrected chi connectivity index (χ4v) is 3.35. The second-order valence-electron chi connectivity index (χ2n) is 5.99. The summed E-state index contributed by atoms with van der Waals surface area (Å²) in [7, 11) is 0. The van der Waals surface area contributed by atoms with Crippen molar-refractivity contribution in [3.8, 4) is 5.69 Å².